The van der Waals surface area contributed by atoms with Gasteiger partial charge in [-0.2, -0.15) is 0 Å². The molecule has 0 bridgehead atoms. The zero-order valence-corrected chi connectivity index (χ0v) is 9.01. The van der Waals surface area contributed by atoms with Crippen LogP contribution in [0.25, 0.3) is 6.08 Å². The van der Waals surface area contributed by atoms with Crippen molar-refractivity contribution in [2.24, 2.45) is 5.73 Å². The molecule has 0 radical (unpaired) electrons. The number of nitrogens with zero attached hydrogens (tertiary/aromatic N) is 2. The van der Waals surface area contributed by atoms with Crippen LogP contribution in [0, 0.1) is 17.0 Å². The predicted octanol–water partition coefficient (Wildman–Crippen LogP) is 1.24. The summed E-state index contributed by atoms with van der Waals surface area (Å²) >= 11 is 0. The van der Waals surface area contributed by atoms with Crippen molar-refractivity contribution in [3.8, 4) is 0 Å². The number of hydrogen-bond donors (Lipinski definition) is 2. The molecule has 86 valence electrons. The topological polar surface area (TPSA) is 108 Å². The maximum absolute atomic E-state index is 10.8. The van der Waals surface area contributed by atoms with Gasteiger partial charge in [0.25, 0.3) is 0 Å². The zero-order valence-electron chi connectivity index (χ0n) is 9.01. The normalized spacial score (nSPS) is 10.9. The smallest absolute Gasteiger partial charge is 0.314 e. The third-order valence-electron chi connectivity index (χ3n) is 2.19. The van der Waals surface area contributed by atoms with Gasteiger partial charge in [0, 0.05) is 17.3 Å². The number of nitro groups is 1. The molecule has 4 N–H and O–H groups in total. The fraction of sp³-hybridized carbons (Fsp3) is 0.300. The molecule has 0 spiro atoms. The molecule has 1 aromatic rings. The zero-order chi connectivity index (χ0) is 12.1. The summed E-state index contributed by atoms with van der Waals surface area (Å²) in [5, 5.41) is 10.8. The Hall–Kier alpha value is -1.95. The lowest BCUT2D eigenvalue weighted by atomic mass is 10.1. The van der Waals surface area contributed by atoms with Crippen LogP contribution in [0.2, 0.25) is 0 Å². The first-order valence-corrected chi connectivity index (χ1v) is 4.84. The van der Waals surface area contributed by atoms with Gasteiger partial charge < -0.3 is 11.5 Å². The highest BCUT2D eigenvalue weighted by atomic mass is 16.6. The average Bonchev–Trinajstić information content (AvgIpc) is 2.21. The number of rotatable bonds is 4. The van der Waals surface area contributed by atoms with Crippen LogP contribution in [0.15, 0.2) is 12.3 Å². The van der Waals surface area contributed by atoms with Crippen LogP contribution >= 0.6 is 0 Å². The van der Waals surface area contributed by atoms with Crippen LogP contribution in [-0.4, -0.2) is 16.5 Å². The monoisotopic (exact) mass is 222 g/mol. The van der Waals surface area contributed by atoms with E-state index in [1.54, 1.807) is 13.0 Å². The third kappa shape index (κ3) is 2.54. The second-order valence-corrected chi connectivity index (χ2v) is 3.31. The Bertz CT molecular complexity index is 429. The first-order chi connectivity index (χ1) is 7.57. The van der Waals surface area contributed by atoms with E-state index in [1.807, 2.05) is 6.08 Å². The Morgan fingerprint density at radius 1 is 1.62 bits per heavy atom. The van der Waals surface area contributed by atoms with E-state index in [0.29, 0.717) is 17.7 Å². The highest BCUT2D eigenvalue weighted by Crippen LogP contribution is 2.26. The highest BCUT2D eigenvalue weighted by Gasteiger charge is 2.18. The molecule has 16 heavy (non-hydrogen) atoms. The number of aromatic nitrogens is 1. The Labute approximate surface area is 93.1 Å². The van der Waals surface area contributed by atoms with Crippen LogP contribution in [0.5, 0.6) is 0 Å². The summed E-state index contributed by atoms with van der Waals surface area (Å²) in [5.41, 5.74) is 11.9. The van der Waals surface area contributed by atoms with Crippen molar-refractivity contribution in [2.45, 2.75) is 13.3 Å². The van der Waals surface area contributed by atoms with Crippen LogP contribution in [-0.2, 0) is 0 Å². The Balaban J connectivity index is 3.13. The minimum Gasteiger partial charge on any atom is -0.378 e. The summed E-state index contributed by atoms with van der Waals surface area (Å²) in [6.45, 7) is 2.19. The molecule has 0 unspecified atom stereocenters. The van der Waals surface area contributed by atoms with E-state index in [2.05, 4.69) is 4.98 Å². The van der Waals surface area contributed by atoms with Crippen molar-refractivity contribution in [1.29, 1.82) is 0 Å². The molecule has 6 heteroatoms. The molecule has 0 atom stereocenters. The maximum atomic E-state index is 10.8. The molecule has 0 aromatic carbocycles. The summed E-state index contributed by atoms with van der Waals surface area (Å²) in [6.07, 6.45) is 5.86. The number of pyridine rings is 1. The summed E-state index contributed by atoms with van der Waals surface area (Å²) < 4.78 is 0. The Kier molecular flexibility index (Phi) is 3.96. The summed E-state index contributed by atoms with van der Waals surface area (Å²) in [4.78, 5) is 14.0. The van der Waals surface area contributed by atoms with Gasteiger partial charge in [-0.15, -0.1) is 0 Å². The van der Waals surface area contributed by atoms with E-state index >= 15 is 0 Å². The van der Waals surface area contributed by atoms with Gasteiger partial charge in [-0.05, 0) is 19.9 Å². The fourth-order valence-electron chi connectivity index (χ4n) is 1.33. The standard InChI is InChI=1S/C10H14N4O2/c1-7-8(4-2-3-5-11)6-13-10(12)9(7)14(15)16/h2,4,6H,3,5,11H2,1H3,(H2,12,13). The molecule has 1 aromatic heterocycles. The van der Waals surface area contributed by atoms with E-state index in [1.165, 1.54) is 6.20 Å². The van der Waals surface area contributed by atoms with Gasteiger partial charge >= 0.3 is 5.69 Å². The van der Waals surface area contributed by atoms with Gasteiger partial charge in [-0.1, -0.05) is 12.2 Å². The maximum Gasteiger partial charge on any atom is 0.314 e. The molecule has 1 heterocycles. The van der Waals surface area contributed by atoms with Crippen molar-refractivity contribution >= 4 is 17.6 Å². The SMILES string of the molecule is Cc1c(C=CCCN)cnc(N)c1[N+](=O)[O-]. The molecule has 6 nitrogen and oxygen atoms in total. The first kappa shape index (κ1) is 12.1. The number of hydrogen-bond acceptors (Lipinski definition) is 5. The lowest BCUT2D eigenvalue weighted by Gasteiger charge is -2.03. The van der Waals surface area contributed by atoms with Crippen molar-refractivity contribution in [1.82, 2.24) is 4.98 Å². The quantitative estimate of drug-likeness (QED) is 0.588. The highest BCUT2D eigenvalue weighted by molar-refractivity contribution is 5.66. The van der Waals surface area contributed by atoms with Crippen LogP contribution in [0.3, 0.4) is 0 Å². The van der Waals surface area contributed by atoms with E-state index in [9.17, 15) is 10.1 Å². The second kappa shape index (κ2) is 5.22. The Morgan fingerprint density at radius 2 is 2.31 bits per heavy atom. The summed E-state index contributed by atoms with van der Waals surface area (Å²) in [5.74, 6) is -0.0570. The van der Waals surface area contributed by atoms with Crippen molar-refractivity contribution in [2.75, 3.05) is 12.3 Å². The Morgan fingerprint density at radius 3 is 2.88 bits per heavy atom. The molecule has 0 aliphatic carbocycles. The first-order valence-electron chi connectivity index (χ1n) is 4.84. The van der Waals surface area contributed by atoms with Gasteiger partial charge in [0.05, 0.1) is 4.92 Å². The van der Waals surface area contributed by atoms with Crippen LogP contribution < -0.4 is 11.5 Å². The predicted molar refractivity (Wildman–Crippen MR) is 62.7 cm³/mol. The molecular weight excluding hydrogens is 208 g/mol. The number of nitrogens with two attached hydrogens (primary N) is 2. The minimum absolute atomic E-state index is 0.0570. The molecule has 0 aliphatic rings. The lowest BCUT2D eigenvalue weighted by molar-refractivity contribution is -0.384. The van der Waals surface area contributed by atoms with Crippen LogP contribution in [0.1, 0.15) is 17.5 Å². The van der Waals surface area contributed by atoms with Gasteiger partial charge in [0.1, 0.15) is 0 Å². The van der Waals surface area contributed by atoms with Gasteiger partial charge in [0.2, 0.25) is 5.82 Å². The lowest BCUT2D eigenvalue weighted by Crippen LogP contribution is -2.02. The molecule has 0 fully saturated rings. The average molecular weight is 222 g/mol. The molecule has 0 saturated heterocycles. The molecule has 1 rings (SSSR count). The number of nitrogen functional groups attached to an aromatic ring is 1. The minimum atomic E-state index is -0.516. The fourth-order valence-corrected chi connectivity index (χ4v) is 1.33. The molecular formula is C10H14N4O2. The van der Waals surface area contributed by atoms with Gasteiger partial charge in [-0.3, -0.25) is 10.1 Å². The van der Waals surface area contributed by atoms with E-state index < -0.39 is 4.92 Å². The largest absolute Gasteiger partial charge is 0.378 e. The molecule has 0 aliphatic heterocycles. The van der Waals surface area contributed by atoms with Crippen LogP contribution in [0.4, 0.5) is 11.5 Å². The van der Waals surface area contributed by atoms with Crippen molar-refractivity contribution in [3.63, 3.8) is 0 Å². The van der Waals surface area contributed by atoms with E-state index in [4.69, 9.17) is 11.5 Å². The van der Waals surface area contributed by atoms with Gasteiger partial charge in [0.15, 0.2) is 0 Å². The van der Waals surface area contributed by atoms with E-state index in [0.717, 1.165) is 6.42 Å². The third-order valence-corrected chi connectivity index (χ3v) is 2.19. The molecule has 0 saturated carbocycles. The molecule has 0 amide bonds. The second-order valence-electron chi connectivity index (χ2n) is 3.31. The van der Waals surface area contributed by atoms with E-state index in [-0.39, 0.29) is 11.5 Å². The number of anilines is 1. The van der Waals surface area contributed by atoms with Crippen molar-refractivity contribution < 1.29 is 4.92 Å². The summed E-state index contributed by atoms with van der Waals surface area (Å²) in [6, 6.07) is 0. The summed E-state index contributed by atoms with van der Waals surface area (Å²) in [7, 11) is 0. The van der Waals surface area contributed by atoms with Crippen molar-refractivity contribution in [3.05, 3.63) is 33.5 Å². The van der Waals surface area contributed by atoms with Gasteiger partial charge in [-0.25, -0.2) is 4.98 Å².